The summed E-state index contributed by atoms with van der Waals surface area (Å²) < 4.78 is 6.55. The molecule has 0 spiro atoms. The highest BCUT2D eigenvalue weighted by Crippen LogP contribution is 2.27. The van der Waals surface area contributed by atoms with Crippen LogP contribution in [0.4, 0.5) is 0 Å². The van der Waals surface area contributed by atoms with Gasteiger partial charge in [0.1, 0.15) is 5.65 Å². The molecule has 0 atom stereocenters. The monoisotopic (exact) mass is 382 g/mol. The van der Waals surface area contributed by atoms with E-state index in [0.717, 1.165) is 22.5 Å². The molecule has 5 rings (SSSR count). The summed E-state index contributed by atoms with van der Waals surface area (Å²) in [6.45, 7) is 4.26. The fourth-order valence-corrected chi connectivity index (χ4v) is 3.35. The average Bonchev–Trinajstić information content (AvgIpc) is 3.36. The first-order valence-electron chi connectivity index (χ1n) is 9.27. The van der Waals surface area contributed by atoms with E-state index in [2.05, 4.69) is 71.0 Å². The molecule has 142 valence electrons. The molecule has 0 saturated carbocycles. The van der Waals surface area contributed by atoms with Gasteiger partial charge in [0, 0.05) is 23.5 Å². The number of imidazole rings is 1. The third kappa shape index (κ3) is 3.14. The number of nitrogens with zero attached hydrogens (tertiary/aromatic N) is 4. The maximum absolute atomic E-state index is 9.25. The van der Waals surface area contributed by atoms with E-state index in [9.17, 15) is 5.11 Å². The average molecular weight is 382 g/mol. The summed E-state index contributed by atoms with van der Waals surface area (Å²) in [7, 11) is 0. The van der Waals surface area contributed by atoms with Gasteiger partial charge in [0.05, 0.1) is 5.69 Å². The number of hydrogen-bond donors (Lipinski definition) is 1. The number of aryl methyl sites for hydroxylation is 2. The van der Waals surface area contributed by atoms with Crippen LogP contribution in [-0.2, 0) is 0 Å². The van der Waals surface area contributed by atoms with Gasteiger partial charge in [-0.1, -0.05) is 47.6 Å². The van der Waals surface area contributed by atoms with Crippen LogP contribution in [0.1, 0.15) is 11.1 Å². The summed E-state index contributed by atoms with van der Waals surface area (Å²) >= 11 is 0. The van der Waals surface area contributed by atoms with Crippen LogP contribution in [0.2, 0.25) is 0 Å². The molecule has 2 aromatic carbocycles. The lowest BCUT2D eigenvalue weighted by molar-refractivity contribution is 0.267. The molecule has 0 saturated heterocycles. The predicted octanol–water partition coefficient (Wildman–Crippen LogP) is 5.04. The van der Waals surface area contributed by atoms with Crippen molar-refractivity contribution in [1.29, 1.82) is 0 Å². The molecule has 1 N–H and O–H groups in total. The van der Waals surface area contributed by atoms with Crippen molar-refractivity contribution in [3.8, 4) is 39.8 Å². The van der Waals surface area contributed by atoms with E-state index in [1.165, 1.54) is 22.3 Å². The summed E-state index contributed by atoms with van der Waals surface area (Å²) in [4.78, 5) is 8.55. The van der Waals surface area contributed by atoms with Gasteiger partial charge in [-0.2, -0.15) is 4.98 Å². The lowest BCUT2D eigenvalue weighted by Gasteiger charge is -2.06. The van der Waals surface area contributed by atoms with Crippen LogP contribution in [0.3, 0.4) is 0 Å². The summed E-state index contributed by atoms with van der Waals surface area (Å²) in [6, 6.07) is 18.7. The van der Waals surface area contributed by atoms with Crippen molar-refractivity contribution in [3.63, 3.8) is 0 Å². The van der Waals surface area contributed by atoms with Crippen molar-refractivity contribution in [2.45, 2.75) is 13.8 Å². The summed E-state index contributed by atoms with van der Waals surface area (Å²) in [5.41, 5.74) is 8.45. The van der Waals surface area contributed by atoms with Crippen LogP contribution in [0.15, 0.2) is 71.5 Å². The molecule has 0 fully saturated rings. The van der Waals surface area contributed by atoms with Gasteiger partial charge in [-0.15, -0.1) is 0 Å². The molecule has 3 heterocycles. The standard InChI is InChI=1S/C23H18N4O2/c1-14-3-4-18(11-15(14)2)16-5-7-17(8-6-16)20-13-27-12-19(9-10-21(27)24-20)22-25-23(28)29-26-22/h3-13H,1-2H3,(H,25,26,28). The number of hydrogen-bond acceptors (Lipinski definition) is 5. The maximum Gasteiger partial charge on any atom is 0.415 e. The Labute approximate surface area is 167 Å². The van der Waals surface area contributed by atoms with Gasteiger partial charge < -0.3 is 9.51 Å². The molecular weight excluding hydrogens is 364 g/mol. The zero-order valence-corrected chi connectivity index (χ0v) is 16.0. The van der Waals surface area contributed by atoms with Crippen molar-refractivity contribution in [2.75, 3.05) is 0 Å². The van der Waals surface area contributed by atoms with E-state index in [1.807, 2.05) is 28.9 Å². The van der Waals surface area contributed by atoms with Gasteiger partial charge in [-0.25, -0.2) is 4.98 Å². The lowest BCUT2D eigenvalue weighted by atomic mass is 9.99. The predicted molar refractivity (Wildman–Crippen MR) is 110 cm³/mol. The van der Waals surface area contributed by atoms with Crippen LogP contribution < -0.4 is 0 Å². The Kier molecular flexibility index (Phi) is 3.91. The zero-order valence-electron chi connectivity index (χ0n) is 16.0. The second-order valence-corrected chi connectivity index (χ2v) is 7.09. The highest BCUT2D eigenvalue weighted by atomic mass is 16.6. The molecule has 0 bridgehead atoms. The van der Waals surface area contributed by atoms with Gasteiger partial charge in [-0.05, 0) is 48.2 Å². The fraction of sp³-hybridized carbons (Fsp3) is 0.0870. The van der Waals surface area contributed by atoms with E-state index in [1.54, 1.807) is 0 Å². The van der Waals surface area contributed by atoms with Crippen molar-refractivity contribution < 1.29 is 9.63 Å². The number of pyridine rings is 1. The summed E-state index contributed by atoms with van der Waals surface area (Å²) in [5, 5.41) is 13.0. The van der Waals surface area contributed by atoms with Crippen LogP contribution >= 0.6 is 0 Å². The molecule has 0 aliphatic heterocycles. The fourth-order valence-electron chi connectivity index (χ4n) is 3.35. The van der Waals surface area contributed by atoms with Crippen LogP contribution in [0, 0.1) is 13.8 Å². The quantitative estimate of drug-likeness (QED) is 0.473. The number of fused-ring (bicyclic) bond motifs is 1. The van der Waals surface area contributed by atoms with E-state index in [-0.39, 0.29) is 0 Å². The number of rotatable bonds is 3. The van der Waals surface area contributed by atoms with Crippen molar-refractivity contribution in [2.24, 2.45) is 0 Å². The molecule has 0 unspecified atom stereocenters. The Morgan fingerprint density at radius 1 is 0.759 bits per heavy atom. The molecule has 0 radical (unpaired) electrons. The van der Waals surface area contributed by atoms with Crippen LogP contribution in [0.5, 0.6) is 6.08 Å². The van der Waals surface area contributed by atoms with Gasteiger partial charge in [0.15, 0.2) is 0 Å². The molecule has 5 aromatic rings. The zero-order chi connectivity index (χ0) is 20.0. The number of aromatic hydroxyl groups is 1. The minimum absolute atomic E-state index is 0.331. The first-order chi connectivity index (χ1) is 14.1. The molecule has 0 aliphatic carbocycles. The SMILES string of the molecule is Cc1ccc(-c2ccc(-c3cn4cc(-c5noc(O)n5)ccc4n3)cc2)cc1C. The van der Waals surface area contributed by atoms with Gasteiger partial charge in [0.2, 0.25) is 5.82 Å². The van der Waals surface area contributed by atoms with Crippen LogP contribution in [-0.4, -0.2) is 24.6 Å². The second-order valence-electron chi connectivity index (χ2n) is 7.09. The Hall–Kier alpha value is -3.93. The van der Waals surface area contributed by atoms with Gasteiger partial charge >= 0.3 is 6.08 Å². The van der Waals surface area contributed by atoms with Crippen LogP contribution in [0.25, 0.3) is 39.4 Å². The third-order valence-electron chi connectivity index (χ3n) is 5.15. The van der Waals surface area contributed by atoms with E-state index in [0.29, 0.717) is 5.82 Å². The van der Waals surface area contributed by atoms with Gasteiger partial charge in [-0.3, -0.25) is 4.52 Å². The van der Waals surface area contributed by atoms with Gasteiger partial charge in [0.25, 0.3) is 0 Å². The smallest absolute Gasteiger partial charge is 0.415 e. The van der Waals surface area contributed by atoms with E-state index in [4.69, 9.17) is 4.98 Å². The third-order valence-corrected chi connectivity index (χ3v) is 5.15. The molecule has 0 aliphatic rings. The first kappa shape index (κ1) is 17.2. The molecule has 0 amide bonds. The molecule has 6 nitrogen and oxygen atoms in total. The highest BCUT2D eigenvalue weighted by molar-refractivity contribution is 5.71. The summed E-state index contributed by atoms with van der Waals surface area (Å²) in [6.07, 6.45) is 3.37. The molecule has 29 heavy (non-hydrogen) atoms. The lowest BCUT2D eigenvalue weighted by Crippen LogP contribution is -1.86. The van der Waals surface area contributed by atoms with E-state index < -0.39 is 6.08 Å². The number of benzene rings is 2. The first-order valence-corrected chi connectivity index (χ1v) is 9.27. The Morgan fingerprint density at radius 3 is 2.21 bits per heavy atom. The normalized spacial score (nSPS) is 11.2. The molecular formula is C23H18N4O2. The Morgan fingerprint density at radius 2 is 1.48 bits per heavy atom. The van der Waals surface area contributed by atoms with E-state index >= 15 is 0 Å². The van der Waals surface area contributed by atoms with Crippen molar-refractivity contribution >= 4 is 5.65 Å². The molecule has 3 aromatic heterocycles. The highest BCUT2D eigenvalue weighted by Gasteiger charge is 2.10. The summed E-state index contributed by atoms with van der Waals surface area (Å²) in [5.74, 6) is 0.331. The Bertz CT molecular complexity index is 1330. The Balaban J connectivity index is 1.48. The second kappa shape index (κ2) is 6.60. The largest absolute Gasteiger partial charge is 0.464 e. The van der Waals surface area contributed by atoms with Crippen molar-refractivity contribution in [3.05, 3.63) is 78.1 Å². The topological polar surface area (TPSA) is 76.5 Å². The van der Waals surface area contributed by atoms with Crippen molar-refractivity contribution in [1.82, 2.24) is 19.5 Å². The maximum atomic E-state index is 9.25. The minimum atomic E-state index is -0.449. The minimum Gasteiger partial charge on any atom is -0.464 e. The number of aromatic nitrogens is 4. The molecule has 6 heteroatoms.